The molecule has 5 rings (SSSR count). The summed E-state index contributed by atoms with van der Waals surface area (Å²) in [5.74, 6) is -0.180. The third-order valence-corrected chi connectivity index (χ3v) is 9.09. The van der Waals surface area contributed by atoms with Crippen LogP contribution in [0.3, 0.4) is 0 Å². The predicted octanol–water partition coefficient (Wildman–Crippen LogP) is 5.04. The van der Waals surface area contributed by atoms with Crippen LogP contribution in [0, 0.1) is 29.0 Å². The molecule has 3 aliphatic rings. The van der Waals surface area contributed by atoms with E-state index in [1.54, 1.807) is 32.3 Å². The second-order valence-corrected chi connectivity index (χ2v) is 11.3. The number of carbonyl (C=O) groups is 3. The number of ketones is 1. The van der Waals surface area contributed by atoms with Crippen molar-refractivity contribution in [1.29, 1.82) is 0 Å². The van der Waals surface area contributed by atoms with Crippen LogP contribution in [0.2, 0.25) is 0 Å². The molecule has 0 radical (unpaired) electrons. The number of amides is 2. The van der Waals surface area contributed by atoms with E-state index in [0.717, 1.165) is 30.2 Å². The van der Waals surface area contributed by atoms with E-state index in [9.17, 15) is 23.9 Å². The number of allylic oxidation sites excluding steroid dienone is 1. The third-order valence-electron chi connectivity index (χ3n) is 9.09. The first-order chi connectivity index (χ1) is 18.2. The number of aromatic nitrogens is 1. The predicted molar refractivity (Wildman–Crippen MR) is 141 cm³/mol. The Bertz CT molecular complexity index is 1310. The zero-order chi connectivity index (χ0) is 27.2. The first kappa shape index (κ1) is 26.1. The van der Waals surface area contributed by atoms with Crippen molar-refractivity contribution in [2.75, 3.05) is 19.4 Å². The normalized spacial score (nSPS) is 28.8. The van der Waals surface area contributed by atoms with E-state index in [0.29, 0.717) is 36.2 Å². The van der Waals surface area contributed by atoms with Crippen LogP contribution in [0.4, 0.5) is 10.2 Å². The molecule has 5 atom stereocenters. The SMILES string of the molecule is CN(C)C(=O)c1ccc(NC(=O)CC[C@@H]2/C(=C/O)C(=O)[C@@]3(C)CCC4c5cccc(F)c5CCC4C23)nc1. The Morgan fingerprint density at radius 3 is 2.71 bits per heavy atom. The average Bonchev–Trinajstić information content (AvgIpc) is 3.13. The molecule has 1 heterocycles. The molecule has 38 heavy (non-hydrogen) atoms. The molecule has 0 saturated heterocycles. The molecule has 8 heteroatoms. The molecule has 3 unspecified atom stereocenters. The Labute approximate surface area is 222 Å². The van der Waals surface area contributed by atoms with Gasteiger partial charge in [0.1, 0.15) is 11.6 Å². The molecule has 3 aliphatic carbocycles. The molecular formula is C30H34FN3O4. The van der Waals surface area contributed by atoms with Gasteiger partial charge < -0.3 is 15.3 Å². The molecular weight excluding hydrogens is 485 g/mol. The molecule has 2 amide bonds. The van der Waals surface area contributed by atoms with Crippen LogP contribution in [0.1, 0.15) is 66.4 Å². The van der Waals surface area contributed by atoms with E-state index in [1.165, 1.54) is 17.2 Å². The summed E-state index contributed by atoms with van der Waals surface area (Å²) < 4.78 is 14.5. The van der Waals surface area contributed by atoms with Gasteiger partial charge in [0, 0.05) is 37.7 Å². The minimum Gasteiger partial charge on any atom is -0.515 e. The van der Waals surface area contributed by atoms with Crippen molar-refractivity contribution in [1.82, 2.24) is 9.88 Å². The largest absolute Gasteiger partial charge is 0.515 e. The summed E-state index contributed by atoms with van der Waals surface area (Å²) in [6, 6.07) is 8.51. The molecule has 1 aromatic carbocycles. The summed E-state index contributed by atoms with van der Waals surface area (Å²) in [5, 5.41) is 12.9. The first-order valence-corrected chi connectivity index (χ1v) is 13.3. The molecule has 1 aromatic heterocycles. The van der Waals surface area contributed by atoms with Gasteiger partial charge in [-0.3, -0.25) is 14.4 Å². The summed E-state index contributed by atoms with van der Waals surface area (Å²) >= 11 is 0. The minimum absolute atomic E-state index is 0.0224. The Hall–Kier alpha value is -3.55. The summed E-state index contributed by atoms with van der Waals surface area (Å²) in [6.45, 7) is 2.00. The van der Waals surface area contributed by atoms with Crippen LogP contribution in [0.15, 0.2) is 48.4 Å². The average molecular weight is 520 g/mol. The van der Waals surface area contributed by atoms with Crippen molar-refractivity contribution in [3.05, 3.63) is 70.9 Å². The van der Waals surface area contributed by atoms with Gasteiger partial charge >= 0.3 is 0 Å². The number of fused-ring (bicyclic) bond motifs is 5. The number of nitrogens with one attached hydrogen (secondary N) is 1. The zero-order valence-corrected chi connectivity index (χ0v) is 22.0. The molecule has 2 N–H and O–H groups in total. The minimum atomic E-state index is -0.599. The highest BCUT2D eigenvalue weighted by molar-refractivity contribution is 6.03. The molecule has 7 nitrogen and oxygen atoms in total. The van der Waals surface area contributed by atoms with E-state index in [2.05, 4.69) is 10.3 Å². The maximum Gasteiger partial charge on any atom is 0.254 e. The van der Waals surface area contributed by atoms with Crippen LogP contribution in [-0.2, 0) is 16.0 Å². The number of aliphatic hydroxyl groups is 1. The van der Waals surface area contributed by atoms with Gasteiger partial charge in [-0.15, -0.1) is 0 Å². The number of nitrogens with zero attached hydrogens (tertiary/aromatic N) is 2. The number of carbonyl (C=O) groups excluding carboxylic acids is 3. The maximum atomic E-state index is 14.5. The van der Waals surface area contributed by atoms with Crippen LogP contribution in [0.5, 0.6) is 0 Å². The number of halogens is 1. The van der Waals surface area contributed by atoms with Crippen LogP contribution in [-0.4, -0.2) is 46.7 Å². The highest BCUT2D eigenvalue weighted by Crippen LogP contribution is 2.63. The van der Waals surface area contributed by atoms with E-state index in [-0.39, 0.29) is 53.5 Å². The van der Waals surface area contributed by atoms with Gasteiger partial charge in [0.25, 0.3) is 5.91 Å². The fourth-order valence-corrected chi connectivity index (χ4v) is 7.36. The number of pyridine rings is 1. The lowest BCUT2D eigenvalue weighted by Gasteiger charge is -2.49. The number of rotatable bonds is 5. The smallest absolute Gasteiger partial charge is 0.254 e. The highest BCUT2D eigenvalue weighted by atomic mass is 19.1. The quantitative estimate of drug-likeness (QED) is 0.426. The van der Waals surface area contributed by atoms with Gasteiger partial charge in [-0.05, 0) is 85.1 Å². The molecule has 2 aromatic rings. The Kier molecular flexibility index (Phi) is 6.84. The topological polar surface area (TPSA) is 99.6 Å². The van der Waals surface area contributed by atoms with E-state index < -0.39 is 5.41 Å². The van der Waals surface area contributed by atoms with Crippen molar-refractivity contribution >= 4 is 23.4 Å². The van der Waals surface area contributed by atoms with Crippen molar-refractivity contribution < 1.29 is 23.9 Å². The van der Waals surface area contributed by atoms with E-state index >= 15 is 0 Å². The lowest BCUT2D eigenvalue weighted by molar-refractivity contribution is -0.127. The van der Waals surface area contributed by atoms with Gasteiger partial charge in [-0.2, -0.15) is 0 Å². The van der Waals surface area contributed by atoms with Crippen molar-refractivity contribution in [2.24, 2.45) is 23.2 Å². The molecule has 200 valence electrons. The van der Waals surface area contributed by atoms with Gasteiger partial charge in [0.05, 0.1) is 11.8 Å². The number of hydrogen-bond donors (Lipinski definition) is 2. The lowest BCUT2D eigenvalue weighted by atomic mass is 9.54. The molecule has 0 bridgehead atoms. The van der Waals surface area contributed by atoms with Crippen LogP contribution < -0.4 is 5.32 Å². The standard InChI is InChI=1S/C30H34FN3O4/c1-30-14-13-19-18-5-4-6-24(31)20(18)8-9-21(19)27(30)22(23(16-35)28(30)37)10-12-26(36)33-25-11-7-17(15-32-25)29(38)34(2)3/h4-7,11,15-16,19,21-22,27,35H,8-10,12-14H2,1-3H3,(H,32,33,36)/b23-16-/t19?,21?,22-,27?,30+/m1/s1. The second kappa shape index (κ2) is 9.97. The summed E-state index contributed by atoms with van der Waals surface area (Å²) in [6.07, 6.45) is 5.85. The summed E-state index contributed by atoms with van der Waals surface area (Å²) in [5.41, 5.74) is 2.08. The van der Waals surface area contributed by atoms with Crippen molar-refractivity contribution in [2.45, 2.75) is 51.4 Å². The van der Waals surface area contributed by atoms with Crippen LogP contribution in [0.25, 0.3) is 0 Å². The first-order valence-electron chi connectivity index (χ1n) is 13.3. The number of hydrogen-bond acceptors (Lipinski definition) is 5. The number of benzene rings is 1. The highest BCUT2D eigenvalue weighted by Gasteiger charge is 2.60. The summed E-state index contributed by atoms with van der Waals surface area (Å²) in [7, 11) is 3.31. The zero-order valence-electron chi connectivity index (χ0n) is 22.0. The second-order valence-electron chi connectivity index (χ2n) is 11.3. The molecule has 0 spiro atoms. The third kappa shape index (κ3) is 4.29. The van der Waals surface area contributed by atoms with Gasteiger partial charge in [-0.1, -0.05) is 19.1 Å². The number of anilines is 1. The van der Waals surface area contributed by atoms with Crippen molar-refractivity contribution in [3.63, 3.8) is 0 Å². The monoisotopic (exact) mass is 519 g/mol. The lowest BCUT2D eigenvalue weighted by Crippen LogP contribution is -2.44. The Balaban J connectivity index is 1.33. The molecule has 2 saturated carbocycles. The fourth-order valence-electron chi connectivity index (χ4n) is 7.36. The van der Waals surface area contributed by atoms with Gasteiger partial charge in [0.15, 0.2) is 5.78 Å². The Morgan fingerprint density at radius 2 is 2.03 bits per heavy atom. The fraction of sp³-hybridized carbons (Fsp3) is 0.467. The van der Waals surface area contributed by atoms with E-state index in [1.807, 2.05) is 13.0 Å². The van der Waals surface area contributed by atoms with Crippen LogP contribution >= 0.6 is 0 Å². The molecule has 0 aliphatic heterocycles. The number of Topliss-reactive ketones (excluding diaryl/α,β-unsaturated/α-hetero) is 1. The van der Waals surface area contributed by atoms with E-state index in [4.69, 9.17) is 0 Å². The van der Waals surface area contributed by atoms with Gasteiger partial charge in [0.2, 0.25) is 5.91 Å². The number of aliphatic hydroxyl groups excluding tert-OH is 1. The summed E-state index contributed by atoms with van der Waals surface area (Å²) in [4.78, 5) is 44.1. The van der Waals surface area contributed by atoms with Gasteiger partial charge in [-0.25, -0.2) is 9.37 Å². The molecule has 2 fully saturated rings. The van der Waals surface area contributed by atoms with Crippen molar-refractivity contribution in [3.8, 4) is 0 Å². The Morgan fingerprint density at radius 1 is 1.24 bits per heavy atom. The maximum absolute atomic E-state index is 14.5.